The second-order valence-corrected chi connectivity index (χ2v) is 7.46. The highest BCUT2D eigenvalue weighted by molar-refractivity contribution is 14.1. The molecule has 0 heterocycles. The SMILES string of the molecule is O=C(OC(I)Cc1ccccc1)OC(I)Cc1ccccc1. The van der Waals surface area contributed by atoms with Crippen molar-refractivity contribution in [3.05, 3.63) is 71.8 Å². The lowest BCUT2D eigenvalue weighted by Crippen LogP contribution is -2.20. The van der Waals surface area contributed by atoms with Gasteiger partial charge in [-0.25, -0.2) is 4.79 Å². The Balaban J connectivity index is 1.75. The predicted octanol–water partition coefficient (Wildman–Crippen LogP) is 5.15. The van der Waals surface area contributed by atoms with E-state index in [1.54, 1.807) is 0 Å². The fourth-order valence-electron chi connectivity index (χ4n) is 1.92. The number of ether oxygens (including phenoxy) is 2. The molecule has 3 nitrogen and oxygen atoms in total. The first-order valence-corrected chi connectivity index (χ1v) is 9.36. The maximum absolute atomic E-state index is 11.8. The molecule has 2 atom stereocenters. The van der Waals surface area contributed by atoms with E-state index in [-0.39, 0.29) is 8.22 Å². The Morgan fingerprint density at radius 2 is 1.14 bits per heavy atom. The van der Waals surface area contributed by atoms with Crippen LogP contribution < -0.4 is 0 Å². The standard InChI is InChI=1S/C17H16I2O3/c18-15(11-13-7-3-1-4-8-13)21-17(20)22-16(19)12-14-9-5-2-6-10-14/h1-10,15-16H,11-12H2. The molecule has 0 amide bonds. The van der Waals surface area contributed by atoms with E-state index in [0.717, 1.165) is 11.1 Å². The van der Waals surface area contributed by atoms with Crippen LogP contribution in [0.2, 0.25) is 0 Å². The van der Waals surface area contributed by atoms with E-state index in [1.807, 2.05) is 60.7 Å². The van der Waals surface area contributed by atoms with Crippen LogP contribution in [0.15, 0.2) is 60.7 Å². The zero-order valence-corrected chi connectivity index (χ0v) is 16.1. The van der Waals surface area contributed by atoms with Gasteiger partial charge in [0.25, 0.3) is 0 Å². The summed E-state index contributed by atoms with van der Waals surface area (Å²) in [5, 5.41) is 0. The van der Waals surface area contributed by atoms with Crippen molar-refractivity contribution in [2.24, 2.45) is 0 Å². The smallest absolute Gasteiger partial charge is 0.420 e. The third-order valence-electron chi connectivity index (χ3n) is 2.93. The Bertz CT molecular complexity index is 523. The molecule has 0 saturated carbocycles. The summed E-state index contributed by atoms with van der Waals surface area (Å²) in [6, 6.07) is 19.8. The average Bonchev–Trinajstić information content (AvgIpc) is 2.48. The van der Waals surface area contributed by atoms with Gasteiger partial charge >= 0.3 is 6.16 Å². The largest absolute Gasteiger partial charge is 0.510 e. The highest BCUT2D eigenvalue weighted by Crippen LogP contribution is 2.16. The minimum absolute atomic E-state index is 0.243. The van der Waals surface area contributed by atoms with Gasteiger partial charge in [0.1, 0.15) is 0 Å². The Hall–Kier alpha value is -0.830. The number of rotatable bonds is 6. The molecule has 2 unspecified atom stereocenters. The maximum Gasteiger partial charge on any atom is 0.510 e. The summed E-state index contributed by atoms with van der Waals surface area (Å²) in [5.41, 5.74) is 2.26. The number of benzene rings is 2. The van der Waals surface area contributed by atoms with Gasteiger partial charge in [0.15, 0.2) is 8.22 Å². The third-order valence-corrected chi connectivity index (χ3v) is 4.32. The second kappa shape index (κ2) is 9.34. The van der Waals surface area contributed by atoms with Crippen molar-refractivity contribution in [2.45, 2.75) is 21.1 Å². The monoisotopic (exact) mass is 522 g/mol. The summed E-state index contributed by atoms with van der Waals surface area (Å²) in [7, 11) is 0. The molecule has 2 aromatic rings. The molecule has 0 fully saturated rings. The molecule has 116 valence electrons. The molecule has 0 aliphatic rings. The van der Waals surface area contributed by atoms with Crippen LogP contribution in [-0.4, -0.2) is 14.4 Å². The number of carbonyl (C=O) groups excluding carboxylic acids is 1. The van der Waals surface area contributed by atoms with E-state index < -0.39 is 6.16 Å². The molecule has 2 rings (SSSR count). The number of carbonyl (C=O) groups is 1. The molecule has 5 heteroatoms. The lowest BCUT2D eigenvalue weighted by Gasteiger charge is -2.15. The van der Waals surface area contributed by atoms with Crippen molar-refractivity contribution in [1.29, 1.82) is 0 Å². The molecule has 0 bridgehead atoms. The number of alkyl halides is 2. The zero-order chi connectivity index (χ0) is 15.8. The molecule has 2 aromatic carbocycles. The fourth-order valence-corrected chi connectivity index (χ4v) is 3.35. The van der Waals surface area contributed by atoms with E-state index in [4.69, 9.17) is 9.47 Å². The average molecular weight is 522 g/mol. The van der Waals surface area contributed by atoms with Crippen molar-refractivity contribution >= 4 is 51.3 Å². The zero-order valence-electron chi connectivity index (χ0n) is 11.8. The van der Waals surface area contributed by atoms with Gasteiger partial charge in [-0.15, -0.1) is 0 Å². The number of hydrogen-bond acceptors (Lipinski definition) is 3. The molecular weight excluding hydrogens is 506 g/mol. The highest BCUT2D eigenvalue weighted by atomic mass is 127. The van der Waals surface area contributed by atoms with E-state index in [0.29, 0.717) is 12.8 Å². The molecule has 0 saturated heterocycles. The van der Waals surface area contributed by atoms with Gasteiger partial charge in [-0.2, -0.15) is 0 Å². The van der Waals surface area contributed by atoms with Gasteiger partial charge in [0.2, 0.25) is 0 Å². The van der Waals surface area contributed by atoms with Crippen LogP contribution in [0.4, 0.5) is 4.79 Å². The van der Waals surface area contributed by atoms with Crippen LogP contribution >= 0.6 is 45.2 Å². The Morgan fingerprint density at radius 1 is 0.773 bits per heavy atom. The molecular formula is C17H16I2O3. The van der Waals surface area contributed by atoms with E-state index in [9.17, 15) is 4.79 Å². The Kier molecular flexibility index (Phi) is 7.44. The molecule has 0 aliphatic carbocycles. The summed E-state index contributed by atoms with van der Waals surface area (Å²) in [5.74, 6) is 0. The minimum Gasteiger partial charge on any atom is -0.420 e. The minimum atomic E-state index is -0.620. The van der Waals surface area contributed by atoms with Gasteiger partial charge < -0.3 is 9.47 Å². The van der Waals surface area contributed by atoms with E-state index >= 15 is 0 Å². The number of hydrogen-bond donors (Lipinski definition) is 0. The topological polar surface area (TPSA) is 35.5 Å². The molecule has 0 aliphatic heterocycles. The lowest BCUT2D eigenvalue weighted by atomic mass is 10.2. The summed E-state index contributed by atoms with van der Waals surface area (Å²) < 4.78 is 10.1. The molecule has 0 radical (unpaired) electrons. The van der Waals surface area contributed by atoms with Gasteiger partial charge in [-0.1, -0.05) is 60.7 Å². The molecule has 22 heavy (non-hydrogen) atoms. The van der Waals surface area contributed by atoms with Crippen molar-refractivity contribution in [2.75, 3.05) is 0 Å². The Labute approximate surface area is 157 Å². The molecule has 0 aromatic heterocycles. The number of halogens is 2. The maximum atomic E-state index is 11.8. The quantitative estimate of drug-likeness (QED) is 0.300. The van der Waals surface area contributed by atoms with E-state index in [2.05, 4.69) is 45.2 Å². The van der Waals surface area contributed by atoms with Crippen LogP contribution in [0.1, 0.15) is 11.1 Å². The van der Waals surface area contributed by atoms with Crippen molar-refractivity contribution in [3.8, 4) is 0 Å². The van der Waals surface area contributed by atoms with Crippen LogP contribution in [0, 0.1) is 0 Å². The van der Waals surface area contributed by atoms with Gasteiger partial charge in [0, 0.05) is 12.8 Å². The van der Waals surface area contributed by atoms with Gasteiger partial charge in [-0.3, -0.25) is 0 Å². The van der Waals surface area contributed by atoms with Crippen molar-refractivity contribution in [1.82, 2.24) is 0 Å². The summed E-state index contributed by atoms with van der Waals surface area (Å²) >= 11 is 4.21. The van der Waals surface area contributed by atoms with E-state index in [1.165, 1.54) is 0 Å². The van der Waals surface area contributed by atoms with Crippen LogP contribution in [-0.2, 0) is 22.3 Å². The first-order chi connectivity index (χ1) is 10.6. The molecule has 0 N–H and O–H groups in total. The summed E-state index contributed by atoms with van der Waals surface area (Å²) in [4.78, 5) is 11.8. The Morgan fingerprint density at radius 3 is 1.50 bits per heavy atom. The second-order valence-electron chi connectivity index (χ2n) is 4.69. The van der Waals surface area contributed by atoms with Crippen molar-refractivity contribution in [3.63, 3.8) is 0 Å². The first-order valence-electron chi connectivity index (χ1n) is 6.87. The normalized spacial score (nSPS) is 13.2. The van der Waals surface area contributed by atoms with Crippen molar-refractivity contribution < 1.29 is 14.3 Å². The van der Waals surface area contributed by atoms with Crippen LogP contribution in [0.5, 0.6) is 0 Å². The third kappa shape index (κ3) is 6.51. The summed E-state index contributed by atoms with van der Waals surface area (Å²) in [6.45, 7) is 0. The van der Waals surface area contributed by atoms with Crippen LogP contribution in [0.3, 0.4) is 0 Å². The van der Waals surface area contributed by atoms with Gasteiger partial charge in [0.05, 0.1) is 0 Å². The molecule has 0 spiro atoms. The fraction of sp³-hybridized carbons (Fsp3) is 0.235. The summed E-state index contributed by atoms with van der Waals surface area (Å²) in [6.07, 6.45) is 0.716. The lowest BCUT2D eigenvalue weighted by molar-refractivity contribution is 0.0478. The van der Waals surface area contributed by atoms with Crippen LogP contribution in [0.25, 0.3) is 0 Å². The first kappa shape index (κ1) is 17.5. The van der Waals surface area contributed by atoms with Gasteiger partial charge in [-0.05, 0) is 56.3 Å². The highest BCUT2D eigenvalue weighted by Gasteiger charge is 2.17. The predicted molar refractivity (Wildman–Crippen MR) is 103 cm³/mol.